The Hall–Kier alpha value is -1.61. The van der Waals surface area contributed by atoms with Gasteiger partial charge in [-0.05, 0) is 64.3 Å². The molecule has 0 aliphatic carbocycles. The molecule has 8 heteroatoms. The zero-order valence-corrected chi connectivity index (χ0v) is 16.5. The van der Waals surface area contributed by atoms with Crippen LogP contribution < -0.4 is 10.2 Å². The largest absolute Gasteiger partial charge is 0.494 e. The molecule has 26 heavy (non-hydrogen) atoms. The van der Waals surface area contributed by atoms with Crippen LogP contribution in [0.3, 0.4) is 0 Å². The molecule has 1 N–H and O–H groups in total. The molecule has 1 fully saturated rings. The highest BCUT2D eigenvalue weighted by Crippen LogP contribution is 2.36. The normalized spacial score (nSPS) is 19.0. The Morgan fingerprint density at radius 3 is 2.31 bits per heavy atom. The van der Waals surface area contributed by atoms with E-state index in [-0.39, 0.29) is 11.4 Å². The minimum atomic E-state index is -3.69. The average molecular weight is 377 g/mol. The van der Waals surface area contributed by atoms with Crippen molar-refractivity contribution in [2.45, 2.75) is 57.3 Å². The molecule has 0 unspecified atom stereocenters. The summed E-state index contributed by atoms with van der Waals surface area (Å²) in [6.07, 6.45) is 1.51. The molecular weight excluding hydrogens is 353 g/mol. The number of rotatable bonds is 5. The molecule has 3 rings (SSSR count). The number of nitrogens with one attached hydrogen (secondary N) is 1. The van der Waals surface area contributed by atoms with E-state index in [4.69, 9.17) is 13.7 Å². The van der Waals surface area contributed by atoms with Crippen LogP contribution in [-0.4, -0.2) is 26.7 Å². The molecule has 0 saturated carbocycles. The summed E-state index contributed by atoms with van der Waals surface area (Å²) >= 11 is 0. The lowest BCUT2D eigenvalue weighted by molar-refractivity contribution is 0.00578. The van der Waals surface area contributed by atoms with Gasteiger partial charge in [0.2, 0.25) is 10.0 Å². The minimum absolute atomic E-state index is 0.0924. The number of sulfonamides is 1. The molecule has 1 aliphatic rings. The Labute approximate surface area is 155 Å². The number of hydrogen-bond acceptors (Lipinski definition) is 5. The van der Waals surface area contributed by atoms with Gasteiger partial charge in [0, 0.05) is 0 Å². The van der Waals surface area contributed by atoms with E-state index in [1.165, 1.54) is 6.26 Å². The number of benzene rings is 1. The Balaban J connectivity index is 1.86. The summed E-state index contributed by atoms with van der Waals surface area (Å²) < 4.78 is 45.1. The maximum atomic E-state index is 12.7. The molecule has 2 heterocycles. The summed E-state index contributed by atoms with van der Waals surface area (Å²) in [5.74, 6) is 0.549. The molecule has 6 nitrogen and oxygen atoms in total. The first kappa shape index (κ1) is 19.2. The zero-order chi connectivity index (χ0) is 19.2. The predicted octanol–water partition coefficient (Wildman–Crippen LogP) is 2.37. The molecule has 1 aromatic heterocycles. The summed E-state index contributed by atoms with van der Waals surface area (Å²) in [5.41, 5.74) is 0.522. The van der Waals surface area contributed by atoms with Crippen molar-refractivity contribution in [3.8, 4) is 0 Å². The summed E-state index contributed by atoms with van der Waals surface area (Å²) in [6.45, 7) is 9.79. The van der Waals surface area contributed by atoms with E-state index in [0.717, 1.165) is 5.56 Å². The third kappa shape index (κ3) is 3.73. The van der Waals surface area contributed by atoms with Crippen molar-refractivity contribution in [3.63, 3.8) is 0 Å². The van der Waals surface area contributed by atoms with Crippen LogP contribution in [0, 0.1) is 6.92 Å². The molecule has 0 spiro atoms. The highest BCUT2D eigenvalue weighted by atomic mass is 32.2. The molecule has 1 saturated heterocycles. The molecule has 2 aromatic rings. The zero-order valence-electron chi connectivity index (χ0n) is 15.7. The smallest absolute Gasteiger partial charge is 0.468 e. The highest BCUT2D eigenvalue weighted by molar-refractivity contribution is 7.89. The third-order valence-electron chi connectivity index (χ3n) is 4.93. The fraction of sp³-hybridized carbons (Fsp3) is 0.444. The van der Waals surface area contributed by atoms with Crippen molar-refractivity contribution in [2.75, 3.05) is 0 Å². The van der Waals surface area contributed by atoms with Crippen molar-refractivity contribution in [2.24, 2.45) is 0 Å². The van der Waals surface area contributed by atoms with Crippen molar-refractivity contribution in [1.29, 1.82) is 0 Å². The van der Waals surface area contributed by atoms with Gasteiger partial charge < -0.3 is 13.7 Å². The molecule has 0 radical (unpaired) electrons. The second kappa shape index (κ2) is 6.53. The van der Waals surface area contributed by atoms with Crippen LogP contribution in [0.25, 0.3) is 0 Å². The van der Waals surface area contributed by atoms with E-state index in [0.29, 0.717) is 11.2 Å². The van der Waals surface area contributed by atoms with E-state index in [2.05, 4.69) is 4.72 Å². The first-order chi connectivity index (χ1) is 12.0. The van der Waals surface area contributed by atoms with Crippen LogP contribution >= 0.6 is 0 Å². The van der Waals surface area contributed by atoms with E-state index in [9.17, 15) is 8.42 Å². The van der Waals surface area contributed by atoms with Crippen molar-refractivity contribution < 1.29 is 22.1 Å². The first-order valence-electron chi connectivity index (χ1n) is 8.49. The van der Waals surface area contributed by atoms with Crippen LogP contribution in [-0.2, 0) is 25.9 Å². The lowest BCUT2D eigenvalue weighted by atomic mass is 9.78. The van der Waals surface area contributed by atoms with Crippen molar-refractivity contribution in [1.82, 2.24) is 4.72 Å². The number of furan rings is 1. The van der Waals surface area contributed by atoms with Gasteiger partial charge in [0.25, 0.3) is 0 Å². The van der Waals surface area contributed by atoms with Crippen molar-refractivity contribution >= 4 is 22.6 Å². The monoisotopic (exact) mass is 377 g/mol. The average Bonchev–Trinajstić information content (AvgIpc) is 3.11. The molecule has 1 aromatic carbocycles. The molecular formula is C18H24BNO5S. The SMILES string of the molecule is Cc1cc(B2OC(C)(C)C(C)(C)O2)cc(S(=O)(=O)NCc2ccco2)c1. The van der Waals surface area contributed by atoms with E-state index < -0.39 is 28.3 Å². The Bertz CT molecular complexity index is 874. The van der Waals surface area contributed by atoms with Gasteiger partial charge in [-0.25, -0.2) is 13.1 Å². The molecule has 0 bridgehead atoms. The Morgan fingerprint density at radius 1 is 1.08 bits per heavy atom. The summed E-state index contributed by atoms with van der Waals surface area (Å²) in [4.78, 5) is 0.175. The molecule has 1 aliphatic heterocycles. The highest BCUT2D eigenvalue weighted by Gasteiger charge is 2.51. The maximum absolute atomic E-state index is 12.7. The van der Waals surface area contributed by atoms with Crippen LogP contribution in [0.2, 0.25) is 0 Å². The summed E-state index contributed by atoms with van der Waals surface area (Å²) in [7, 11) is -4.30. The van der Waals surface area contributed by atoms with Crippen LogP contribution in [0.15, 0.2) is 45.9 Å². The number of aryl methyl sites for hydroxylation is 1. The van der Waals surface area contributed by atoms with Gasteiger partial charge in [-0.3, -0.25) is 0 Å². The van der Waals surface area contributed by atoms with Gasteiger partial charge in [-0.2, -0.15) is 0 Å². The van der Waals surface area contributed by atoms with E-state index >= 15 is 0 Å². The number of hydrogen-bond donors (Lipinski definition) is 1. The van der Waals surface area contributed by atoms with E-state index in [1.54, 1.807) is 24.3 Å². The van der Waals surface area contributed by atoms with Crippen LogP contribution in [0.4, 0.5) is 0 Å². The Kier molecular flexibility index (Phi) is 4.81. The quantitative estimate of drug-likeness (QED) is 0.810. The van der Waals surface area contributed by atoms with Crippen LogP contribution in [0.5, 0.6) is 0 Å². The fourth-order valence-corrected chi connectivity index (χ4v) is 3.84. The standard InChI is InChI=1S/C18H24BNO5S/c1-13-9-14(19-24-17(2,3)18(4,5)25-19)11-16(10-13)26(21,22)20-12-15-7-6-8-23-15/h6-11,20H,12H2,1-5H3. The maximum Gasteiger partial charge on any atom is 0.494 e. The van der Waals surface area contributed by atoms with Gasteiger partial charge in [0.15, 0.2) is 0 Å². The second-order valence-electron chi connectivity index (χ2n) is 7.57. The van der Waals surface area contributed by atoms with Gasteiger partial charge >= 0.3 is 7.12 Å². The molecule has 0 atom stereocenters. The first-order valence-corrected chi connectivity index (χ1v) is 9.98. The topological polar surface area (TPSA) is 77.8 Å². The van der Waals surface area contributed by atoms with Crippen LogP contribution in [0.1, 0.15) is 39.0 Å². The third-order valence-corrected chi connectivity index (χ3v) is 6.31. The fourth-order valence-electron chi connectivity index (χ4n) is 2.71. The summed E-state index contributed by atoms with van der Waals surface area (Å²) in [6, 6.07) is 8.54. The molecule has 140 valence electrons. The lowest BCUT2D eigenvalue weighted by Crippen LogP contribution is -2.41. The summed E-state index contributed by atoms with van der Waals surface area (Å²) in [5, 5.41) is 0. The second-order valence-corrected chi connectivity index (χ2v) is 9.34. The van der Waals surface area contributed by atoms with Crippen molar-refractivity contribution in [3.05, 3.63) is 47.9 Å². The van der Waals surface area contributed by atoms with Gasteiger partial charge in [-0.15, -0.1) is 0 Å². The minimum Gasteiger partial charge on any atom is -0.468 e. The van der Waals surface area contributed by atoms with Gasteiger partial charge in [0.05, 0.1) is 28.9 Å². The van der Waals surface area contributed by atoms with E-state index in [1.807, 2.05) is 40.7 Å². The van der Waals surface area contributed by atoms with Gasteiger partial charge in [-0.1, -0.05) is 11.6 Å². The molecule has 0 amide bonds. The lowest BCUT2D eigenvalue weighted by Gasteiger charge is -2.32. The Morgan fingerprint density at radius 2 is 1.73 bits per heavy atom. The predicted molar refractivity (Wildman–Crippen MR) is 99.6 cm³/mol. The van der Waals surface area contributed by atoms with Gasteiger partial charge in [0.1, 0.15) is 5.76 Å².